The highest BCUT2D eigenvalue weighted by Gasteiger charge is 2.43. The van der Waals surface area contributed by atoms with E-state index in [4.69, 9.17) is 45.5 Å². The molecular formula is C52H53ClN4O4S2. The van der Waals surface area contributed by atoms with Crippen LogP contribution in [0.4, 0.5) is 11.4 Å². The number of nitrogens with one attached hydrogen (secondary N) is 2. The largest absolute Gasteiger partial charge is 0.497 e. The van der Waals surface area contributed by atoms with Crippen molar-refractivity contribution in [2.24, 2.45) is 11.8 Å². The van der Waals surface area contributed by atoms with Crippen molar-refractivity contribution in [3.05, 3.63) is 179 Å². The van der Waals surface area contributed by atoms with Gasteiger partial charge in [0.25, 0.3) is 0 Å². The quantitative estimate of drug-likeness (QED) is 0.0943. The number of halogens is 1. The van der Waals surface area contributed by atoms with Crippen molar-refractivity contribution in [3.8, 4) is 22.6 Å². The highest BCUT2D eigenvalue weighted by Crippen LogP contribution is 2.45. The van der Waals surface area contributed by atoms with Crippen LogP contribution in [-0.2, 0) is 11.2 Å². The first kappa shape index (κ1) is 44.1. The summed E-state index contributed by atoms with van der Waals surface area (Å²) in [5.41, 5.74) is 4.75. The molecule has 2 aliphatic rings. The zero-order chi connectivity index (χ0) is 44.0. The Morgan fingerprint density at radius 3 is 1.41 bits per heavy atom. The number of benzene rings is 6. The van der Waals surface area contributed by atoms with Gasteiger partial charge in [-0.1, -0.05) is 121 Å². The number of aliphatic hydroxyl groups is 2. The van der Waals surface area contributed by atoms with Gasteiger partial charge in [-0.25, -0.2) is 0 Å². The van der Waals surface area contributed by atoms with Crippen molar-refractivity contribution in [2.45, 2.75) is 36.9 Å². The van der Waals surface area contributed by atoms with E-state index in [9.17, 15) is 10.2 Å². The molecule has 0 spiro atoms. The maximum atomic E-state index is 12.9. The second-order valence-electron chi connectivity index (χ2n) is 16.4. The van der Waals surface area contributed by atoms with Gasteiger partial charge < -0.3 is 40.1 Å². The molecular weight excluding hydrogens is 844 g/mol. The highest BCUT2D eigenvalue weighted by molar-refractivity contribution is 7.80. The number of piperidine rings is 2. The van der Waals surface area contributed by atoms with Crippen LogP contribution < -0.4 is 20.1 Å². The Morgan fingerprint density at radius 2 is 0.984 bits per heavy atom. The van der Waals surface area contributed by atoms with E-state index in [0.29, 0.717) is 39.8 Å². The molecule has 4 N–H and O–H groups in total. The van der Waals surface area contributed by atoms with E-state index >= 15 is 0 Å². The highest BCUT2D eigenvalue weighted by atomic mass is 35.5. The van der Waals surface area contributed by atoms with Gasteiger partial charge >= 0.3 is 0 Å². The molecule has 8 rings (SSSR count). The Labute approximate surface area is 386 Å². The Kier molecular flexibility index (Phi) is 13.7. The molecule has 0 radical (unpaired) electrons. The molecule has 2 fully saturated rings. The fraction of sp³-hybridized carbons (Fsp3) is 0.269. The Bertz CT molecular complexity index is 2480. The van der Waals surface area contributed by atoms with E-state index in [2.05, 4.69) is 69.0 Å². The standard InChI is InChI=1S/C52H53ClN4O4S2/c1-60-46-25-26-48(61-2)47(35-46)55-50(63)57-33-29-43(30-34-57)52(59,39-11-7-4-8-12-39)41-19-15-37(16-20-41)36-13-17-40(18-14-36)51(58,38-9-5-3-6-10-38)42-27-31-56(32-28-42)49(62)54-45-23-21-44(53)22-24-45/h3-26,35,42-43,58-59H,27-34H2,1-2H3,(H,54,62)(H,55,63). The zero-order valence-electron chi connectivity index (χ0n) is 35.5. The number of methoxy groups -OCH3 is 2. The van der Waals surface area contributed by atoms with Gasteiger partial charge in [0.05, 0.1) is 19.9 Å². The fourth-order valence-electron chi connectivity index (χ4n) is 9.34. The minimum atomic E-state index is -1.21. The summed E-state index contributed by atoms with van der Waals surface area (Å²) in [6, 6.07) is 49.7. The molecule has 2 heterocycles. The summed E-state index contributed by atoms with van der Waals surface area (Å²) in [5, 5.41) is 34.3. The maximum Gasteiger partial charge on any atom is 0.173 e. The summed E-state index contributed by atoms with van der Waals surface area (Å²) in [7, 11) is 3.27. The first-order valence-electron chi connectivity index (χ1n) is 21.5. The van der Waals surface area contributed by atoms with Crippen LogP contribution in [0.1, 0.15) is 47.9 Å². The van der Waals surface area contributed by atoms with Crippen LogP contribution >= 0.6 is 36.0 Å². The molecule has 0 aliphatic carbocycles. The van der Waals surface area contributed by atoms with Crippen LogP contribution in [-0.4, -0.2) is 70.6 Å². The molecule has 0 aromatic heterocycles. The number of likely N-dealkylation sites (tertiary alicyclic amines) is 2. The molecule has 324 valence electrons. The SMILES string of the molecule is COc1ccc(OC)c(NC(=S)N2CCC(C(O)(c3ccccc3)c3ccc(-c4ccc(C(O)(c5ccccc5)C5CCN(C(=S)Nc6ccc(Cl)cc6)CC5)cc4)cc3)CC2)c1. The molecule has 8 nitrogen and oxygen atoms in total. The number of ether oxygens (including phenoxy) is 2. The molecule has 63 heavy (non-hydrogen) atoms. The smallest absolute Gasteiger partial charge is 0.173 e. The first-order chi connectivity index (χ1) is 30.6. The molecule has 0 bridgehead atoms. The lowest BCUT2D eigenvalue weighted by molar-refractivity contribution is -0.00648. The third kappa shape index (κ3) is 9.42. The van der Waals surface area contributed by atoms with Crippen molar-refractivity contribution >= 4 is 57.6 Å². The number of nitrogens with zero attached hydrogens (tertiary/aromatic N) is 2. The number of hydrogen-bond acceptors (Lipinski definition) is 6. The average Bonchev–Trinajstić information content (AvgIpc) is 3.35. The van der Waals surface area contributed by atoms with Crippen LogP contribution in [0.25, 0.3) is 11.1 Å². The topological polar surface area (TPSA) is 89.5 Å². The summed E-state index contributed by atoms with van der Waals surface area (Å²) >= 11 is 17.7. The molecule has 6 aromatic rings. The van der Waals surface area contributed by atoms with E-state index in [1.54, 1.807) is 14.2 Å². The van der Waals surface area contributed by atoms with Crippen LogP contribution in [0, 0.1) is 11.8 Å². The second-order valence-corrected chi connectivity index (χ2v) is 17.6. The summed E-state index contributed by atoms with van der Waals surface area (Å²) < 4.78 is 11.0. The summed E-state index contributed by atoms with van der Waals surface area (Å²) in [5.74, 6) is 1.32. The van der Waals surface area contributed by atoms with E-state index in [0.717, 1.165) is 83.5 Å². The van der Waals surface area contributed by atoms with Crippen molar-refractivity contribution in [1.29, 1.82) is 0 Å². The fourth-order valence-corrected chi connectivity index (χ4v) is 10.1. The predicted octanol–water partition coefficient (Wildman–Crippen LogP) is 10.7. The zero-order valence-corrected chi connectivity index (χ0v) is 37.9. The van der Waals surface area contributed by atoms with Crippen LogP contribution in [0.3, 0.4) is 0 Å². The van der Waals surface area contributed by atoms with E-state index < -0.39 is 11.2 Å². The van der Waals surface area contributed by atoms with Gasteiger partial charge in [0, 0.05) is 43.0 Å². The molecule has 2 saturated heterocycles. The van der Waals surface area contributed by atoms with Crippen LogP contribution in [0.2, 0.25) is 5.02 Å². The van der Waals surface area contributed by atoms with Crippen molar-refractivity contribution in [2.75, 3.05) is 51.0 Å². The minimum Gasteiger partial charge on any atom is -0.497 e. The third-order valence-electron chi connectivity index (χ3n) is 12.9. The second kappa shape index (κ2) is 19.5. The number of anilines is 2. The van der Waals surface area contributed by atoms with Gasteiger partial charge in [-0.2, -0.15) is 0 Å². The van der Waals surface area contributed by atoms with E-state index in [1.807, 2.05) is 103 Å². The van der Waals surface area contributed by atoms with Gasteiger partial charge in [0.1, 0.15) is 22.7 Å². The average molecular weight is 898 g/mol. The lowest BCUT2D eigenvalue weighted by Gasteiger charge is -2.43. The number of hydrogen-bond donors (Lipinski definition) is 4. The summed E-state index contributed by atoms with van der Waals surface area (Å²) in [6.07, 6.45) is 3.01. The molecule has 2 aliphatic heterocycles. The van der Waals surface area contributed by atoms with E-state index in [-0.39, 0.29) is 11.8 Å². The van der Waals surface area contributed by atoms with E-state index in [1.165, 1.54) is 0 Å². The van der Waals surface area contributed by atoms with Gasteiger partial charge in [0.15, 0.2) is 10.2 Å². The predicted molar refractivity (Wildman–Crippen MR) is 263 cm³/mol. The molecule has 2 unspecified atom stereocenters. The van der Waals surface area contributed by atoms with Gasteiger partial charge in [-0.15, -0.1) is 0 Å². The monoisotopic (exact) mass is 896 g/mol. The molecule has 11 heteroatoms. The third-order valence-corrected chi connectivity index (χ3v) is 13.9. The normalized spacial score (nSPS) is 16.7. The van der Waals surface area contributed by atoms with Gasteiger partial charge in [0.2, 0.25) is 0 Å². The Hall–Kier alpha value is -5.49. The van der Waals surface area contributed by atoms with Crippen LogP contribution in [0.5, 0.6) is 11.5 Å². The molecule has 6 aromatic carbocycles. The number of thiocarbonyl (C=S) groups is 2. The van der Waals surface area contributed by atoms with Gasteiger partial charge in [-0.3, -0.25) is 0 Å². The summed E-state index contributed by atoms with van der Waals surface area (Å²) in [4.78, 5) is 4.33. The minimum absolute atomic E-state index is 0.0227. The van der Waals surface area contributed by atoms with Crippen molar-refractivity contribution in [1.82, 2.24) is 9.80 Å². The molecule has 0 amide bonds. The van der Waals surface area contributed by atoms with Crippen LogP contribution in [0.15, 0.2) is 152 Å². The Morgan fingerprint density at radius 1 is 0.556 bits per heavy atom. The summed E-state index contributed by atoms with van der Waals surface area (Å²) in [6.45, 7) is 2.82. The Balaban J connectivity index is 0.975. The van der Waals surface area contributed by atoms with Crippen molar-refractivity contribution in [3.63, 3.8) is 0 Å². The number of rotatable bonds is 11. The lowest BCUT2D eigenvalue weighted by Crippen LogP contribution is -2.47. The van der Waals surface area contributed by atoms with Gasteiger partial charge in [-0.05, 0) is 132 Å². The lowest BCUT2D eigenvalue weighted by atomic mass is 9.71. The molecule has 2 atom stereocenters. The molecule has 0 saturated carbocycles. The first-order valence-corrected chi connectivity index (χ1v) is 22.7. The van der Waals surface area contributed by atoms with Crippen molar-refractivity contribution < 1.29 is 19.7 Å². The maximum absolute atomic E-state index is 12.9.